The minimum Gasteiger partial charge on any atom is -0.355 e. The van der Waals surface area contributed by atoms with Gasteiger partial charge in [-0.3, -0.25) is 0 Å². The molecule has 0 radical (unpaired) electrons. The fourth-order valence-corrected chi connectivity index (χ4v) is 2.19. The van der Waals surface area contributed by atoms with Crippen molar-refractivity contribution in [3.8, 4) is 0 Å². The molecule has 0 atom stereocenters. The van der Waals surface area contributed by atoms with Crippen LogP contribution in [0.25, 0.3) is 16.5 Å². The Morgan fingerprint density at radius 2 is 2.00 bits per heavy atom. The van der Waals surface area contributed by atoms with E-state index in [-0.39, 0.29) is 0 Å². The second kappa shape index (κ2) is 3.27. The van der Waals surface area contributed by atoms with Crippen molar-refractivity contribution in [2.45, 2.75) is 26.2 Å². The molecule has 15 heavy (non-hydrogen) atoms. The normalized spacial score (nSPS) is 15.4. The average Bonchev–Trinajstić information content (AvgIpc) is 2.58. The van der Waals surface area contributed by atoms with Crippen molar-refractivity contribution in [1.82, 2.24) is 4.98 Å². The Morgan fingerprint density at radius 3 is 2.67 bits per heavy atom. The highest BCUT2D eigenvalue weighted by atomic mass is 14.7. The summed E-state index contributed by atoms with van der Waals surface area (Å²) in [4.78, 5) is 3.49. The van der Waals surface area contributed by atoms with Gasteiger partial charge in [0, 0.05) is 11.2 Å². The monoisotopic (exact) mass is 197 g/mol. The van der Waals surface area contributed by atoms with E-state index in [1.54, 1.807) is 5.57 Å². The number of rotatable bonds is 1. The molecule has 2 aromatic rings. The molecule has 1 aliphatic carbocycles. The molecule has 0 saturated heterocycles. The number of aromatic nitrogens is 1. The largest absolute Gasteiger partial charge is 0.355 e. The van der Waals surface area contributed by atoms with Gasteiger partial charge in [-0.05, 0) is 49.3 Å². The van der Waals surface area contributed by atoms with Crippen LogP contribution in [0.2, 0.25) is 0 Å². The van der Waals surface area contributed by atoms with Crippen molar-refractivity contribution in [2.75, 3.05) is 0 Å². The maximum atomic E-state index is 3.49. The zero-order valence-electron chi connectivity index (χ0n) is 9.01. The molecule has 1 nitrogen and oxygen atoms in total. The quantitative estimate of drug-likeness (QED) is 0.707. The predicted molar refractivity (Wildman–Crippen MR) is 64.7 cm³/mol. The van der Waals surface area contributed by atoms with Crippen LogP contribution in [-0.2, 0) is 0 Å². The summed E-state index contributed by atoms with van der Waals surface area (Å²) in [5.41, 5.74) is 5.62. The molecule has 0 bridgehead atoms. The molecule has 0 unspecified atom stereocenters. The lowest BCUT2D eigenvalue weighted by Crippen LogP contribution is -1.99. The first-order valence-corrected chi connectivity index (χ1v) is 5.61. The van der Waals surface area contributed by atoms with E-state index in [2.05, 4.69) is 42.2 Å². The van der Waals surface area contributed by atoms with Gasteiger partial charge in [-0.15, -0.1) is 0 Å². The lowest BCUT2D eigenvalue weighted by atomic mass is 9.87. The van der Waals surface area contributed by atoms with Gasteiger partial charge in [0.1, 0.15) is 0 Å². The molecular weight excluding hydrogens is 182 g/mol. The molecule has 1 heterocycles. The molecule has 1 aromatic heterocycles. The number of aromatic amines is 1. The highest BCUT2D eigenvalue weighted by Gasteiger charge is 2.13. The van der Waals surface area contributed by atoms with Gasteiger partial charge >= 0.3 is 0 Å². The summed E-state index contributed by atoms with van der Waals surface area (Å²) in [5.74, 6) is 0. The van der Waals surface area contributed by atoms with E-state index in [0.717, 1.165) is 0 Å². The molecule has 1 N–H and O–H groups in total. The SMILES string of the molecule is CC(=C1CCC1)c1cc2ccccc2[nH]1. The summed E-state index contributed by atoms with van der Waals surface area (Å²) in [6.45, 7) is 2.24. The fraction of sp³-hybridized carbons (Fsp3) is 0.286. The number of hydrogen-bond donors (Lipinski definition) is 1. The number of fused-ring (bicyclic) bond motifs is 1. The number of nitrogens with one attached hydrogen (secondary N) is 1. The number of H-pyrrole nitrogens is 1. The van der Waals surface area contributed by atoms with Crippen LogP contribution >= 0.6 is 0 Å². The first-order chi connectivity index (χ1) is 7.34. The van der Waals surface area contributed by atoms with E-state index in [0.29, 0.717) is 0 Å². The van der Waals surface area contributed by atoms with Crippen LogP contribution in [0.1, 0.15) is 31.9 Å². The maximum absolute atomic E-state index is 3.49. The number of para-hydroxylation sites is 1. The summed E-state index contributed by atoms with van der Waals surface area (Å²) in [5, 5.41) is 1.31. The number of allylic oxidation sites excluding steroid dienone is 2. The van der Waals surface area contributed by atoms with E-state index in [1.807, 2.05) is 0 Å². The van der Waals surface area contributed by atoms with Crippen LogP contribution in [0.3, 0.4) is 0 Å². The molecule has 1 heteroatoms. The van der Waals surface area contributed by atoms with Crippen molar-refractivity contribution in [1.29, 1.82) is 0 Å². The topological polar surface area (TPSA) is 15.8 Å². The molecule has 0 aliphatic heterocycles. The average molecular weight is 197 g/mol. The first kappa shape index (κ1) is 8.78. The van der Waals surface area contributed by atoms with Crippen molar-refractivity contribution in [2.24, 2.45) is 0 Å². The van der Waals surface area contributed by atoms with E-state index in [4.69, 9.17) is 0 Å². The van der Waals surface area contributed by atoms with E-state index < -0.39 is 0 Å². The van der Waals surface area contributed by atoms with Crippen LogP contribution < -0.4 is 0 Å². The molecule has 0 amide bonds. The molecular formula is C14H15N. The van der Waals surface area contributed by atoms with Crippen molar-refractivity contribution < 1.29 is 0 Å². The number of benzene rings is 1. The minimum atomic E-state index is 1.24. The Hall–Kier alpha value is -1.50. The van der Waals surface area contributed by atoms with Gasteiger partial charge in [-0.25, -0.2) is 0 Å². The lowest BCUT2D eigenvalue weighted by Gasteiger charge is -2.19. The standard InChI is InChI=1S/C14H15N/c1-10(11-6-4-7-11)14-9-12-5-2-3-8-13(12)15-14/h2-3,5,8-9,15H,4,6-7H2,1H3. The summed E-state index contributed by atoms with van der Waals surface area (Å²) < 4.78 is 0. The van der Waals surface area contributed by atoms with Crippen LogP contribution in [0.4, 0.5) is 0 Å². The van der Waals surface area contributed by atoms with Crippen LogP contribution in [0.5, 0.6) is 0 Å². The molecule has 1 saturated carbocycles. The fourth-order valence-electron chi connectivity index (χ4n) is 2.19. The smallest absolute Gasteiger partial charge is 0.0458 e. The third-order valence-electron chi connectivity index (χ3n) is 3.42. The van der Waals surface area contributed by atoms with Crippen LogP contribution in [0.15, 0.2) is 35.9 Å². The van der Waals surface area contributed by atoms with Crippen LogP contribution in [0, 0.1) is 0 Å². The Kier molecular flexibility index (Phi) is 1.91. The number of hydrogen-bond acceptors (Lipinski definition) is 0. The molecule has 1 aromatic carbocycles. The summed E-state index contributed by atoms with van der Waals surface area (Å²) in [6, 6.07) is 10.7. The Labute approximate surface area is 89.8 Å². The van der Waals surface area contributed by atoms with Gasteiger partial charge in [0.2, 0.25) is 0 Å². The molecule has 76 valence electrons. The maximum Gasteiger partial charge on any atom is 0.0458 e. The Bertz CT molecular complexity index is 492. The van der Waals surface area contributed by atoms with E-state index in [1.165, 1.54) is 41.4 Å². The molecule has 0 spiro atoms. The first-order valence-electron chi connectivity index (χ1n) is 5.61. The third-order valence-corrected chi connectivity index (χ3v) is 3.42. The molecule has 1 aliphatic rings. The highest BCUT2D eigenvalue weighted by Crippen LogP contribution is 2.33. The van der Waals surface area contributed by atoms with E-state index in [9.17, 15) is 0 Å². The van der Waals surface area contributed by atoms with Crippen molar-refractivity contribution in [3.05, 3.63) is 41.6 Å². The predicted octanol–water partition coefficient (Wildman–Crippen LogP) is 4.13. The van der Waals surface area contributed by atoms with Gasteiger partial charge < -0.3 is 4.98 Å². The highest BCUT2D eigenvalue weighted by molar-refractivity contribution is 5.84. The van der Waals surface area contributed by atoms with E-state index >= 15 is 0 Å². The zero-order chi connectivity index (χ0) is 10.3. The minimum absolute atomic E-state index is 1.24. The van der Waals surface area contributed by atoms with Crippen LogP contribution in [-0.4, -0.2) is 4.98 Å². The van der Waals surface area contributed by atoms with Crippen molar-refractivity contribution >= 4 is 16.5 Å². The summed E-state index contributed by atoms with van der Waals surface area (Å²) in [7, 11) is 0. The van der Waals surface area contributed by atoms with Gasteiger partial charge in [0.05, 0.1) is 0 Å². The second-order valence-corrected chi connectivity index (χ2v) is 4.35. The Morgan fingerprint density at radius 1 is 1.20 bits per heavy atom. The Balaban J connectivity index is 2.12. The third kappa shape index (κ3) is 1.39. The van der Waals surface area contributed by atoms with Gasteiger partial charge in [-0.1, -0.05) is 23.8 Å². The molecule has 1 fully saturated rings. The second-order valence-electron chi connectivity index (χ2n) is 4.35. The summed E-state index contributed by atoms with van der Waals surface area (Å²) >= 11 is 0. The van der Waals surface area contributed by atoms with Crippen molar-refractivity contribution in [3.63, 3.8) is 0 Å². The van der Waals surface area contributed by atoms with Gasteiger partial charge in [0.15, 0.2) is 0 Å². The zero-order valence-corrected chi connectivity index (χ0v) is 9.01. The summed E-state index contributed by atoms with van der Waals surface area (Å²) in [6.07, 6.45) is 3.95. The molecule has 3 rings (SSSR count). The van der Waals surface area contributed by atoms with Gasteiger partial charge in [0.25, 0.3) is 0 Å². The van der Waals surface area contributed by atoms with Gasteiger partial charge in [-0.2, -0.15) is 0 Å². The lowest BCUT2D eigenvalue weighted by molar-refractivity contribution is 0.665.